The minimum atomic E-state index is -0.959. The second-order valence-corrected chi connectivity index (χ2v) is 4.84. The lowest BCUT2D eigenvalue weighted by atomic mass is 10.2. The molecule has 0 unspecified atom stereocenters. The molecule has 0 aliphatic heterocycles. The number of aromatic nitrogens is 1. The van der Waals surface area contributed by atoms with Crippen molar-refractivity contribution in [2.75, 3.05) is 5.32 Å². The zero-order chi connectivity index (χ0) is 13.0. The van der Waals surface area contributed by atoms with Crippen LogP contribution < -0.4 is 5.32 Å². The van der Waals surface area contributed by atoms with Gasteiger partial charge in [0.2, 0.25) is 0 Å². The highest BCUT2D eigenvalue weighted by atomic mass is 127. The van der Waals surface area contributed by atoms with E-state index in [1.807, 2.05) is 24.3 Å². The van der Waals surface area contributed by atoms with E-state index in [-0.39, 0.29) is 5.56 Å². The average Bonchev–Trinajstić information content (AvgIpc) is 2.38. The Bertz CT molecular complexity index is 555. The minimum absolute atomic E-state index is 0.202. The summed E-state index contributed by atoms with van der Waals surface area (Å²) in [7, 11) is 0. The molecule has 5 heteroatoms. The molecule has 4 nitrogen and oxygen atoms in total. The monoisotopic (exact) mass is 354 g/mol. The summed E-state index contributed by atoms with van der Waals surface area (Å²) >= 11 is 2.26. The van der Waals surface area contributed by atoms with Crippen LogP contribution in [0.15, 0.2) is 42.6 Å². The van der Waals surface area contributed by atoms with Gasteiger partial charge in [-0.3, -0.25) is 4.98 Å². The molecule has 0 bridgehead atoms. The van der Waals surface area contributed by atoms with E-state index in [0.717, 1.165) is 15.0 Å². The van der Waals surface area contributed by atoms with Crippen molar-refractivity contribution in [1.29, 1.82) is 0 Å². The maximum Gasteiger partial charge on any atom is 0.337 e. The van der Waals surface area contributed by atoms with Crippen LogP contribution in [0.3, 0.4) is 0 Å². The molecule has 0 radical (unpaired) electrons. The molecule has 0 saturated carbocycles. The van der Waals surface area contributed by atoms with Gasteiger partial charge in [-0.15, -0.1) is 0 Å². The second kappa shape index (κ2) is 5.81. The van der Waals surface area contributed by atoms with Crippen molar-refractivity contribution in [3.05, 3.63) is 57.4 Å². The second-order valence-electron chi connectivity index (χ2n) is 3.68. The highest BCUT2D eigenvalue weighted by Gasteiger charge is 2.03. The number of halogens is 1. The molecule has 0 saturated heterocycles. The van der Waals surface area contributed by atoms with Gasteiger partial charge in [-0.1, -0.05) is 12.1 Å². The molecule has 2 rings (SSSR count). The van der Waals surface area contributed by atoms with E-state index < -0.39 is 5.97 Å². The van der Waals surface area contributed by atoms with Gasteiger partial charge < -0.3 is 10.4 Å². The third-order valence-electron chi connectivity index (χ3n) is 2.41. The molecule has 92 valence electrons. The van der Waals surface area contributed by atoms with E-state index >= 15 is 0 Å². The number of aromatic carboxylic acids is 1. The topological polar surface area (TPSA) is 62.2 Å². The van der Waals surface area contributed by atoms with Crippen LogP contribution in [-0.2, 0) is 6.54 Å². The quantitative estimate of drug-likeness (QED) is 0.829. The van der Waals surface area contributed by atoms with E-state index in [9.17, 15) is 4.79 Å². The molecule has 1 heterocycles. The Hall–Kier alpha value is -1.63. The van der Waals surface area contributed by atoms with Gasteiger partial charge >= 0.3 is 5.97 Å². The Labute approximate surface area is 118 Å². The molecule has 0 fully saturated rings. The van der Waals surface area contributed by atoms with E-state index in [0.29, 0.717) is 6.54 Å². The first kappa shape index (κ1) is 12.8. The zero-order valence-corrected chi connectivity index (χ0v) is 11.6. The summed E-state index contributed by atoms with van der Waals surface area (Å²) in [5.41, 5.74) is 2.05. The van der Waals surface area contributed by atoms with Crippen LogP contribution in [0.5, 0.6) is 0 Å². The number of pyridine rings is 1. The summed E-state index contributed by atoms with van der Waals surface area (Å²) in [6.45, 7) is 0.569. The number of nitrogens with zero attached hydrogens (tertiary/aromatic N) is 1. The molecule has 0 spiro atoms. The molecular formula is C13H11IN2O2. The third kappa shape index (κ3) is 3.19. The lowest BCUT2D eigenvalue weighted by molar-refractivity contribution is 0.0696. The number of carbonyl (C=O) groups is 1. The van der Waals surface area contributed by atoms with Crippen LogP contribution in [0.2, 0.25) is 0 Å². The van der Waals surface area contributed by atoms with Gasteiger partial charge in [0.25, 0.3) is 0 Å². The molecular weight excluding hydrogens is 343 g/mol. The SMILES string of the molecule is O=C(O)c1ccc(CNc2ccccc2I)nc1. The normalized spacial score (nSPS) is 10.1. The number of carboxylic acids is 1. The van der Waals surface area contributed by atoms with Gasteiger partial charge in [0.05, 0.1) is 17.8 Å². The van der Waals surface area contributed by atoms with Crippen LogP contribution in [-0.4, -0.2) is 16.1 Å². The number of para-hydroxylation sites is 1. The average molecular weight is 354 g/mol. The van der Waals surface area contributed by atoms with Gasteiger partial charge in [-0.25, -0.2) is 4.79 Å². The predicted octanol–water partition coefficient (Wildman–Crippen LogP) is 3.00. The number of nitrogens with one attached hydrogen (secondary N) is 1. The molecule has 0 aliphatic rings. The van der Waals surface area contributed by atoms with Gasteiger partial charge in [-0.2, -0.15) is 0 Å². The van der Waals surface area contributed by atoms with Crippen molar-refractivity contribution < 1.29 is 9.90 Å². The lowest BCUT2D eigenvalue weighted by Crippen LogP contribution is -2.04. The molecule has 1 aromatic heterocycles. The van der Waals surface area contributed by atoms with E-state index in [1.165, 1.54) is 6.20 Å². The van der Waals surface area contributed by atoms with Crippen molar-refractivity contribution in [2.24, 2.45) is 0 Å². The fourth-order valence-electron chi connectivity index (χ4n) is 1.45. The summed E-state index contributed by atoms with van der Waals surface area (Å²) in [5, 5.41) is 12.0. The standard InChI is InChI=1S/C13H11IN2O2/c14-11-3-1-2-4-12(11)16-8-10-6-5-9(7-15-10)13(17)18/h1-7,16H,8H2,(H,17,18). The Balaban J connectivity index is 2.02. The Morgan fingerprint density at radius 3 is 2.67 bits per heavy atom. The molecule has 2 N–H and O–H groups in total. The summed E-state index contributed by atoms with van der Waals surface area (Å²) in [4.78, 5) is 14.8. The molecule has 0 atom stereocenters. The van der Waals surface area contributed by atoms with Crippen LogP contribution in [0, 0.1) is 3.57 Å². The minimum Gasteiger partial charge on any atom is -0.478 e. The molecule has 2 aromatic rings. The zero-order valence-electron chi connectivity index (χ0n) is 9.43. The summed E-state index contributed by atoms with van der Waals surface area (Å²) in [5.74, 6) is -0.959. The molecule has 18 heavy (non-hydrogen) atoms. The molecule has 0 amide bonds. The van der Waals surface area contributed by atoms with E-state index in [2.05, 4.69) is 32.9 Å². The van der Waals surface area contributed by atoms with E-state index in [1.54, 1.807) is 12.1 Å². The fourth-order valence-corrected chi connectivity index (χ4v) is 2.02. The largest absolute Gasteiger partial charge is 0.478 e. The first-order valence-electron chi connectivity index (χ1n) is 5.33. The maximum atomic E-state index is 10.7. The fraction of sp³-hybridized carbons (Fsp3) is 0.0769. The Kier molecular flexibility index (Phi) is 4.14. The Morgan fingerprint density at radius 1 is 1.28 bits per heavy atom. The summed E-state index contributed by atoms with van der Waals surface area (Å²) in [6, 6.07) is 11.2. The number of benzene rings is 1. The number of rotatable bonds is 4. The number of carboxylic acid groups (broad SMARTS) is 1. The smallest absolute Gasteiger partial charge is 0.337 e. The van der Waals surface area contributed by atoms with Crippen molar-refractivity contribution in [1.82, 2.24) is 4.98 Å². The van der Waals surface area contributed by atoms with Crippen LogP contribution in [0.25, 0.3) is 0 Å². The first-order valence-corrected chi connectivity index (χ1v) is 6.41. The predicted molar refractivity (Wildman–Crippen MR) is 77.7 cm³/mol. The van der Waals surface area contributed by atoms with Crippen LogP contribution in [0.4, 0.5) is 5.69 Å². The number of anilines is 1. The van der Waals surface area contributed by atoms with E-state index in [4.69, 9.17) is 5.11 Å². The summed E-state index contributed by atoms with van der Waals surface area (Å²) in [6.07, 6.45) is 1.37. The van der Waals surface area contributed by atoms with Crippen LogP contribution >= 0.6 is 22.6 Å². The number of hydrogen-bond donors (Lipinski definition) is 2. The third-order valence-corrected chi connectivity index (χ3v) is 3.35. The molecule has 0 aliphatic carbocycles. The summed E-state index contributed by atoms with van der Waals surface area (Å²) < 4.78 is 1.14. The highest BCUT2D eigenvalue weighted by molar-refractivity contribution is 14.1. The van der Waals surface area contributed by atoms with Crippen LogP contribution in [0.1, 0.15) is 16.1 Å². The van der Waals surface area contributed by atoms with Crippen molar-refractivity contribution in [3.63, 3.8) is 0 Å². The first-order chi connectivity index (χ1) is 8.66. The van der Waals surface area contributed by atoms with Crippen molar-refractivity contribution >= 4 is 34.2 Å². The van der Waals surface area contributed by atoms with Gasteiger partial charge in [0, 0.05) is 15.5 Å². The molecule has 1 aromatic carbocycles. The Morgan fingerprint density at radius 2 is 2.06 bits per heavy atom. The van der Waals surface area contributed by atoms with Crippen molar-refractivity contribution in [3.8, 4) is 0 Å². The lowest BCUT2D eigenvalue weighted by Gasteiger charge is -2.07. The van der Waals surface area contributed by atoms with Gasteiger partial charge in [0.1, 0.15) is 0 Å². The van der Waals surface area contributed by atoms with Gasteiger partial charge in [-0.05, 0) is 46.9 Å². The van der Waals surface area contributed by atoms with Gasteiger partial charge in [0.15, 0.2) is 0 Å². The van der Waals surface area contributed by atoms with Crippen molar-refractivity contribution in [2.45, 2.75) is 6.54 Å². The number of hydrogen-bond acceptors (Lipinski definition) is 3. The maximum absolute atomic E-state index is 10.7. The highest BCUT2D eigenvalue weighted by Crippen LogP contribution is 2.17.